The molecule has 6 nitrogen and oxygen atoms in total. The number of carbonyl (C=O) groups excluding carboxylic acids is 1. The van der Waals surface area contributed by atoms with Gasteiger partial charge in [0.1, 0.15) is 11.4 Å². The second kappa shape index (κ2) is 8.57. The van der Waals surface area contributed by atoms with Crippen molar-refractivity contribution >= 4 is 5.91 Å². The first kappa shape index (κ1) is 19.4. The highest BCUT2D eigenvalue weighted by atomic mass is 16.5. The maximum Gasteiger partial charge on any atom is 0.293 e. The molecule has 2 aromatic rings. The Morgan fingerprint density at radius 1 is 1.30 bits per heavy atom. The minimum Gasteiger partial charge on any atom is -0.497 e. The van der Waals surface area contributed by atoms with Gasteiger partial charge in [-0.15, -0.1) is 0 Å². The van der Waals surface area contributed by atoms with Crippen LogP contribution in [0.1, 0.15) is 68.2 Å². The van der Waals surface area contributed by atoms with E-state index < -0.39 is 6.10 Å². The molecule has 0 radical (unpaired) electrons. The molecule has 146 valence electrons. The number of hydrogen-bond donors (Lipinski definition) is 1. The van der Waals surface area contributed by atoms with Crippen LogP contribution in [0.5, 0.6) is 5.75 Å². The quantitative estimate of drug-likeness (QED) is 0.822. The number of hydrogen-bond acceptors (Lipinski definition) is 5. The Morgan fingerprint density at radius 2 is 1.96 bits per heavy atom. The van der Waals surface area contributed by atoms with Gasteiger partial charge >= 0.3 is 0 Å². The van der Waals surface area contributed by atoms with E-state index in [1.54, 1.807) is 14.0 Å². The van der Waals surface area contributed by atoms with Gasteiger partial charge in [-0.2, -0.15) is 0 Å². The molecule has 0 bridgehead atoms. The number of ether oxygens (including phenoxy) is 1. The summed E-state index contributed by atoms with van der Waals surface area (Å²) in [6, 6.07) is 7.55. The first-order valence-electron chi connectivity index (χ1n) is 9.69. The molecule has 6 heteroatoms. The van der Waals surface area contributed by atoms with Gasteiger partial charge in [-0.1, -0.05) is 24.4 Å². The Bertz CT molecular complexity index is 761. The van der Waals surface area contributed by atoms with Crippen molar-refractivity contribution < 1.29 is 19.2 Å². The molecule has 0 aliphatic heterocycles. The number of methoxy groups -OCH3 is 1. The lowest BCUT2D eigenvalue weighted by Crippen LogP contribution is -2.41. The number of rotatable bonds is 6. The van der Waals surface area contributed by atoms with E-state index in [9.17, 15) is 9.90 Å². The van der Waals surface area contributed by atoms with Crippen LogP contribution in [0.25, 0.3) is 11.3 Å². The average molecular weight is 372 g/mol. The Labute approximate surface area is 160 Å². The highest BCUT2D eigenvalue weighted by Crippen LogP contribution is 2.33. The highest BCUT2D eigenvalue weighted by molar-refractivity contribution is 5.95. The SMILES string of the molecule is CCN(C(=O)c1onc(-c2ccc(OC)cc2)c1[C@H](C)O)C1CCCCC1. The van der Waals surface area contributed by atoms with E-state index in [0.29, 0.717) is 17.8 Å². The lowest BCUT2D eigenvalue weighted by Gasteiger charge is -2.33. The largest absolute Gasteiger partial charge is 0.497 e. The Kier molecular flexibility index (Phi) is 6.16. The van der Waals surface area contributed by atoms with Gasteiger partial charge < -0.3 is 19.3 Å². The van der Waals surface area contributed by atoms with Gasteiger partial charge in [0.15, 0.2) is 0 Å². The maximum atomic E-state index is 13.2. The van der Waals surface area contributed by atoms with Crippen molar-refractivity contribution in [3.8, 4) is 17.0 Å². The zero-order chi connectivity index (χ0) is 19.4. The summed E-state index contributed by atoms with van der Waals surface area (Å²) in [7, 11) is 1.60. The van der Waals surface area contributed by atoms with Gasteiger partial charge in [0.2, 0.25) is 5.76 Å². The molecule has 27 heavy (non-hydrogen) atoms. The third-order valence-electron chi connectivity index (χ3n) is 5.32. The summed E-state index contributed by atoms with van der Waals surface area (Å²) >= 11 is 0. The van der Waals surface area contributed by atoms with E-state index in [-0.39, 0.29) is 17.7 Å². The zero-order valence-electron chi connectivity index (χ0n) is 16.3. The number of nitrogens with zero attached hydrogens (tertiary/aromatic N) is 2. The standard InChI is InChI=1S/C21H28N2O4/c1-4-23(16-8-6-5-7-9-16)21(25)20-18(14(2)24)19(22-27-20)15-10-12-17(26-3)13-11-15/h10-14,16,24H,4-9H2,1-3H3/t14-/m0/s1. The minimum atomic E-state index is -0.864. The number of aliphatic hydroxyl groups is 1. The summed E-state index contributed by atoms with van der Waals surface area (Å²) in [6.07, 6.45) is 4.69. The fourth-order valence-electron chi connectivity index (χ4n) is 3.89. The monoisotopic (exact) mass is 372 g/mol. The molecule has 1 fully saturated rings. The van der Waals surface area contributed by atoms with E-state index in [2.05, 4.69) is 5.16 Å². The van der Waals surface area contributed by atoms with Gasteiger partial charge in [-0.25, -0.2) is 0 Å². The smallest absolute Gasteiger partial charge is 0.293 e. The molecule has 1 N–H and O–H groups in total. The zero-order valence-corrected chi connectivity index (χ0v) is 16.3. The first-order valence-corrected chi connectivity index (χ1v) is 9.69. The molecule has 1 aliphatic carbocycles. The van der Waals surface area contributed by atoms with Crippen molar-refractivity contribution in [1.82, 2.24) is 10.1 Å². The van der Waals surface area contributed by atoms with Crippen molar-refractivity contribution in [3.63, 3.8) is 0 Å². The Hall–Kier alpha value is -2.34. The summed E-state index contributed by atoms with van der Waals surface area (Å²) in [4.78, 5) is 15.1. The lowest BCUT2D eigenvalue weighted by atomic mass is 9.93. The number of benzene rings is 1. The second-order valence-electron chi connectivity index (χ2n) is 7.06. The highest BCUT2D eigenvalue weighted by Gasteiger charge is 2.32. The van der Waals surface area contributed by atoms with E-state index in [4.69, 9.17) is 9.26 Å². The van der Waals surface area contributed by atoms with E-state index >= 15 is 0 Å². The Morgan fingerprint density at radius 3 is 2.52 bits per heavy atom. The number of aromatic nitrogens is 1. The number of carbonyl (C=O) groups is 1. The van der Waals surface area contributed by atoms with Crippen LogP contribution in [-0.2, 0) is 0 Å². The van der Waals surface area contributed by atoms with Crippen molar-refractivity contribution in [2.24, 2.45) is 0 Å². The molecule has 1 heterocycles. The molecule has 0 spiro atoms. The van der Waals surface area contributed by atoms with Crippen LogP contribution in [0.15, 0.2) is 28.8 Å². The van der Waals surface area contributed by atoms with Crippen molar-refractivity contribution in [3.05, 3.63) is 35.6 Å². The van der Waals surface area contributed by atoms with Crippen LogP contribution < -0.4 is 4.74 Å². The van der Waals surface area contributed by atoms with Gasteiger partial charge in [-0.3, -0.25) is 4.79 Å². The summed E-state index contributed by atoms with van der Waals surface area (Å²) in [5.41, 5.74) is 1.71. The predicted molar refractivity (Wildman–Crippen MR) is 103 cm³/mol. The molecule has 1 aromatic carbocycles. The third kappa shape index (κ3) is 4.00. The fraction of sp³-hybridized carbons (Fsp3) is 0.524. The van der Waals surface area contributed by atoms with Crippen LogP contribution in [-0.4, -0.2) is 40.8 Å². The molecular formula is C21H28N2O4. The molecule has 1 amide bonds. The topological polar surface area (TPSA) is 75.8 Å². The summed E-state index contributed by atoms with van der Waals surface area (Å²) < 4.78 is 10.7. The van der Waals surface area contributed by atoms with Crippen LogP contribution >= 0.6 is 0 Å². The number of amides is 1. The molecule has 1 aromatic heterocycles. The molecule has 1 aliphatic rings. The van der Waals surface area contributed by atoms with E-state index in [0.717, 1.165) is 37.0 Å². The summed E-state index contributed by atoms with van der Waals surface area (Å²) in [5.74, 6) is 0.683. The molecule has 1 saturated carbocycles. The third-order valence-corrected chi connectivity index (χ3v) is 5.32. The minimum absolute atomic E-state index is 0.142. The van der Waals surface area contributed by atoms with Crippen LogP contribution in [0, 0.1) is 0 Å². The molecule has 0 saturated heterocycles. The van der Waals surface area contributed by atoms with Gasteiger partial charge in [-0.05, 0) is 51.0 Å². The number of aliphatic hydroxyl groups excluding tert-OH is 1. The second-order valence-corrected chi connectivity index (χ2v) is 7.06. The summed E-state index contributed by atoms with van der Waals surface area (Å²) in [5, 5.41) is 14.5. The summed E-state index contributed by atoms with van der Waals surface area (Å²) in [6.45, 7) is 4.23. The van der Waals surface area contributed by atoms with Crippen LogP contribution in [0.2, 0.25) is 0 Å². The van der Waals surface area contributed by atoms with Crippen molar-refractivity contribution in [2.75, 3.05) is 13.7 Å². The van der Waals surface area contributed by atoms with Crippen molar-refractivity contribution in [2.45, 2.75) is 58.1 Å². The predicted octanol–water partition coefficient (Wildman–Crippen LogP) is 4.20. The van der Waals surface area contributed by atoms with Crippen LogP contribution in [0.3, 0.4) is 0 Å². The lowest BCUT2D eigenvalue weighted by molar-refractivity contribution is 0.0598. The molecular weight excluding hydrogens is 344 g/mol. The van der Waals surface area contributed by atoms with Gasteiger partial charge in [0.25, 0.3) is 5.91 Å². The molecule has 1 atom stereocenters. The first-order chi connectivity index (χ1) is 13.1. The van der Waals surface area contributed by atoms with E-state index in [1.165, 1.54) is 6.42 Å². The van der Waals surface area contributed by atoms with Gasteiger partial charge in [0, 0.05) is 18.2 Å². The van der Waals surface area contributed by atoms with E-state index in [1.807, 2.05) is 36.1 Å². The van der Waals surface area contributed by atoms with Crippen LogP contribution in [0.4, 0.5) is 0 Å². The normalized spacial score (nSPS) is 16.1. The van der Waals surface area contributed by atoms with Gasteiger partial charge in [0.05, 0.1) is 18.8 Å². The molecule has 3 rings (SSSR count). The molecule has 0 unspecified atom stereocenters. The fourth-order valence-corrected chi connectivity index (χ4v) is 3.89. The maximum absolute atomic E-state index is 13.2. The average Bonchev–Trinajstić information content (AvgIpc) is 3.15. The Balaban J connectivity index is 1.94. The van der Waals surface area contributed by atoms with Crippen molar-refractivity contribution in [1.29, 1.82) is 0 Å².